The second-order valence-electron chi connectivity index (χ2n) is 4.04. The van der Waals surface area contributed by atoms with E-state index < -0.39 is 0 Å². The molecule has 16 heavy (non-hydrogen) atoms. The summed E-state index contributed by atoms with van der Waals surface area (Å²) in [6.07, 6.45) is 4.14. The van der Waals surface area contributed by atoms with Crippen molar-refractivity contribution in [2.75, 3.05) is 19.7 Å². The summed E-state index contributed by atoms with van der Waals surface area (Å²) in [5, 5.41) is 3.64. The Hall–Kier alpha value is -0.710. The predicted octanol–water partition coefficient (Wildman–Crippen LogP) is 1.65. The van der Waals surface area contributed by atoms with Gasteiger partial charge in [-0.25, -0.2) is 9.97 Å². The summed E-state index contributed by atoms with van der Waals surface area (Å²) in [7, 11) is 0. The summed E-state index contributed by atoms with van der Waals surface area (Å²) in [6, 6.07) is 1.82. The van der Waals surface area contributed by atoms with Crippen LogP contribution in [-0.4, -0.2) is 29.7 Å². The van der Waals surface area contributed by atoms with Crippen molar-refractivity contribution >= 4 is 11.6 Å². The molecule has 0 aliphatic carbocycles. The molecule has 1 aliphatic heterocycles. The Bertz CT molecular complexity index is 329. The fourth-order valence-electron chi connectivity index (χ4n) is 1.85. The van der Waals surface area contributed by atoms with Crippen LogP contribution in [0.5, 0.6) is 0 Å². The van der Waals surface area contributed by atoms with E-state index in [4.69, 9.17) is 16.3 Å². The molecule has 1 N–H and O–H groups in total. The lowest BCUT2D eigenvalue weighted by atomic mass is 10.0. The minimum Gasteiger partial charge on any atom is -0.375 e. The zero-order chi connectivity index (χ0) is 11.2. The fraction of sp³-hybridized carbons (Fsp3) is 0.636. The predicted molar refractivity (Wildman–Crippen MR) is 62.3 cm³/mol. The first-order chi connectivity index (χ1) is 7.84. The van der Waals surface area contributed by atoms with Gasteiger partial charge in [-0.1, -0.05) is 0 Å². The Balaban J connectivity index is 1.71. The first kappa shape index (κ1) is 11.8. The Labute approximate surface area is 100 Å². The maximum Gasteiger partial charge on any atom is 0.222 e. The molecule has 0 saturated carbocycles. The largest absolute Gasteiger partial charge is 0.375 e. The monoisotopic (exact) mass is 241 g/mol. The van der Waals surface area contributed by atoms with E-state index >= 15 is 0 Å². The molecule has 4 nitrogen and oxygen atoms in total. The number of ether oxygens (including phenoxy) is 1. The third-order valence-corrected chi connectivity index (χ3v) is 2.87. The van der Waals surface area contributed by atoms with Crippen molar-refractivity contribution in [3.63, 3.8) is 0 Å². The highest BCUT2D eigenvalue weighted by atomic mass is 35.5. The second kappa shape index (κ2) is 6.13. The van der Waals surface area contributed by atoms with Crippen molar-refractivity contribution in [3.05, 3.63) is 23.2 Å². The van der Waals surface area contributed by atoms with E-state index in [1.165, 1.54) is 12.8 Å². The Kier molecular flexibility index (Phi) is 4.51. The number of hydrogen-bond acceptors (Lipinski definition) is 4. The van der Waals surface area contributed by atoms with Gasteiger partial charge in [0.2, 0.25) is 5.28 Å². The van der Waals surface area contributed by atoms with Crippen LogP contribution in [0, 0.1) is 5.92 Å². The topological polar surface area (TPSA) is 47.0 Å². The van der Waals surface area contributed by atoms with Gasteiger partial charge in [-0.05, 0) is 43.0 Å². The van der Waals surface area contributed by atoms with Crippen LogP contribution in [0.2, 0.25) is 5.28 Å². The first-order valence-electron chi connectivity index (χ1n) is 5.60. The van der Waals surface area contributed by atoms with E-state index in [2.05, 4.69) is 15.3 Å². The second-order valence-corrected chi connectivity index (χ2v) is 4.38. The van der Waals surface area contributed by atoms with Gasteiger partial charge in [0.15, 0.2) is 0 Å². The van der Waals surface area contributed by atoms with Gasteiger partial charge in [-0.2, -0.15) is 0 Å². The number of piperidine rings is 1. The summed E-state index contributed by atoms with van der Waals surface area (Å²) in [6.45, 7) is 3.50. The molecule has 0 radical (unpaired) electrons. The normalized spacial score (nSPS) is 20.9. The number of nitrogens with zero attached hydrogens (tertiary/aromatic N) is 2. The molecule has 2 rings (SSSR count). The Morgan fingerprint density at radius 3 is 3.25 bits per heavy atom. The summed E-state index contributed by atoms with van der Waals surface area (Å²) >= 11 is 5.68. The number of aromatic nitrogens is 2. The van der Waals surface area contributed by atoms with Crippen LogP contribution in [-0.2, 0) is 11.3 Å². The van der Waals surface area contributed by atoms with Crippen molar-refractivity contribution in [3.8, 4) is 0 Å². The van der Waals surface area contributed by atoms with Crippen LogP contribution in [0.3, 0.4) is 0 Å². The zero-order valence-corrected chi connectivity index (χ0v) is 9.91. The van der Waals surface area contributed by atoms with Gasteiger partial charge in [0.25, 0.3) is 0 Å². The average Bonchev–Trinajstić information content (AvgIpc) is 2.30. The van der Waals surface area contributed by atoms with Crippen molar-refractivity contribution in [2.45, 2.75) is 19.4 Å². The summed E-state index contributed by atoms with van der Waals surface area (Å²) in [5.74, 6) is 0.631. The summed E-state index contributed by atoms with van der Waals surface area (Å²) < 4.78 is 5.63. The number of nitrogens with one attached hydrogen (secondary N) is 1. The highest BCUT2D eigenvalue weighted by molar-refractivity contribution is 6.28. The minimum absolute atomic E-state index is 0.278. The van der Waals surface area contributed by atoms with Gasteiger partial charge in [-0.3, -0.25) is 0 Å². The lowest BCUT2D eigenvalue weighted by Gasteiger charge is -2.22. The molecule has 5 heteroatoms. The quantitative estimate of drug-likeness (QED) is 0.815. The maximum absolute atomic E-state index is 5.68. The molecule has 0 spiro atoms. The smallest absolute Gasteiger partial charge is 0.222 e. The van der Waals surface area contributed by atoms with Crippen LogP contribution in [0.25, 0.3) is 0 Å². The standard InChI is InChI=1S/C11H16ClN3O/c12-11-14-5-3-10(15-11)8-16-7-9-2-1-4-13-6-9/h3,5,9,13H,1-2,4,6-8H2. The Morgan fingerprint density at radius 2 is 2.50 bits per heavy atom. The van der Waals surface area contributed by atoms with E-state index in [9.17, 15) is 0 Å². The van der Waals surface area contributed by atoms with Gasteiger partial charge in [0.05, 0.1) is 18.9 Å². The van der Waals surface area contributed by atoms with Crippen LogP contribution in [0.4, 0.5) is 0 Å². The van der Waals surface area contributed by atoms with Gasteiger partial charge >= 0.3 is 0 Å². The van der Waals surface area contributed by atoms with Crippen LogP contribution < -0.4 is 5.32 Å². The highest BCUT2D eigenvalue weighted by Crippen LogP contribution is 2.11. The van der Waals surface area contributed by atoms with Gasteiger partial charge < -0.3 is 10.1 Å². The lowest BCUT2D eigenvalue weighted by molar-refractivity contribution is 0.0763. The molecule has 1 aromatic heterocycles. The maximum atomic E-state index is 5.68. The van der Waals surface area contributed by atoms with E-state index in [1.54, 1.807) is 6.20 Å². The van der Waals surface area contributed by atoms with Crippen molar-refractivity contribution in [2.24, 2.45) is 5.92 Å². The molecule has 1 atom stereocenters. The average molecular weight is 242 g/mol. The molecule has 1 saturated heterocycles. The van der Waals surface area contributed by atoms with Crippen molar-refractivity contribution < 1.29 is 4.74 Å². The molecule has 1 aromatic rings. The Morgan fingerprint density at radius 1 is 1.56 bits per heavy atom. The fourth-order valence-corrected chi connectivity index (χ4v) is 2.01. The summed E-state index contributed by atoms with van der Waals surface area (Å²) in [5.41, 5.74) is 0.837. The first-order valence-corrected chi connectivity index (χ1v) is 5.98. The van der Waals surface area contributed by atoms with Gasteiger partial charge in [0.1, 0.15) is 0 Å². The summed E-state index contributed by atoms with van der Waals surface area (Å²) in [4.78, 5) is 7.90. The van der Waals surface area contributed by atoms with E-state index in [0.29, 0.717) is 12.5 Å². The molecule has 1 aliphatic rings. The van der Waals surface area contributed by atoms with Crippen LogP contribution in [0.15, 0.2) is 12.3 Å². The van der Waals surface area contributed by atoms with E-state index in [-0.39, 0.29) is 5.28 Å². The molecule has 1 unspecified atom stereocenters. The minimum atomic E-state index is 0.278. The van der Waals surface area contributed by atoms with Gasteiger partial charge in [-0.15, -0.1) is 0 Å². The number of hydrogen-bond donors (Lipinski definition) is 1. The molecule has 0 amide bonds. The number of rotatable bonds is 4. The van der Waals surface area contributed by atoms with Crippen LogP contribution in [0.1, 0.15) is 18.5 Å². The van der Waals surface area contributed by atoms with E-state index in [1.807, 2.05) is 6.07 Å². The third kappa shape index (κ3) is 3.70. The number of halogens is 1. The van der Waals surface area contributed by atoms with E-state index in [0.717, 1.165) is 25.4 Å². The molecule has 88 valence electrons. The van der Waals surface area contributed by atoms with Gasteiger partial charge in [0, 0.05) is 12.7 Å². The SMILES string of the molecule is Clc1nccc(COCC2CCCNC2)n1. The highest BCUT2D eigenvalue weighted by Gasteiger charge is 2.12. The molecule has 2 heterocycles. The molecule has 0 aromatic carbocycles. The molecule has 1 fully saturated rings. The molecular formula is C11H16ClN3O. The zero-order valence-electron chi connectivity index (χ0n) is 9.16. The lowest BCUT2D eigenvalue weighted by Crippen LogP contribution is -2.32. The molecular weight excluding hydrogens is 226 g/mol. The third-order valence-electron chi connectivity index (χ3n) is 2.69. The van der Waals surface area contributed by atoms with Crippen LogP contribution >= 0.6 is 11.6 Å². The van der Waals surface area contributed by atoms with Crippen molar-refractivity contribution in [1.82, 2.24) is 15.3 Å². The molecule has 0 bridgehead atoms. The van der Waals surface area contributed by atoms with Crippen molar-refractivity contribution in [1.29, 1.82) is 0 Å².